The minimum atomic E-state index is -4.99. The van der Waals surface area contributed by atoms with Gasteiger partial charge >= 0.3 is 6.18 Å². The largest absolute Gasteiger partial charge is 0.438 e. The van der Waals surface area contributed by atoms with Crippen LogP contribution in [0.4, 0.5) is 13.2 Å². The molecule has 0 saturated carbocycles. The minimum absolute atomic E-state index is 0.00998. The standard InChI is InChI=1S/C11H8BrF3N2O2/c12-8-4-2-1-3-7(8)9(18)17-10(19,5-6-16-17)11(13,14)15/h1-4,6,19H,5H2/t10-/m0/s1. The fourth-order valence-corrected chi connectivity index (χ4v) is 2.09. The van der Waals surface area contributed by atoms with Crippen LogP contribution < -0.4 is 0 Å². The lowest BCUT2D eigenvalue weighted by Gasteiger charge is -2.32. The first-order valence-corrected chi connectivity index (χ1v) is 5.97. The number of aliphatic hydroxyl groups is 1. The van der Waals surface area contributed by atoms with E-state index in [1.807, 2.05) is 0 Å². The molecule has 102 valence electrons. The van der Waals surface area contributed by atoms with Gasteiger partial charge in [-0.05, 0) is 28.1 Å². The number of alkyl halides is 3. The van der Waals surface area contributed by atoms with Gasteiger partial charge in [-0.15, -0.1) is 0 Å². The van der Waals surface area contributed by atoms with Crippen LogP contribution in [0, 0.1) is 0 Å². The van der Waals surface area contributed by atoms with Crippen molar-refractivity contribution in [3.63, 3.8) is 0 Å². The first-order valence-electron chi connectivity index (χ1n) is 5.18. The molecule has 1 aliphatic rings. The zero-order valence-electron chi connectivity index (χ0n) is 9.36. The molecule has 0 aliphatic carbocycles. The van der Waals surface area contributed by atoms with Crippen molar-refractivity contribution in [3.05, 3.63) is 34.3 Å². The smallest absolute Gasteiger partial charge is 0.362 e. The predicted octanol–water partition coefficient (Wildman–Crippen LogP) is 2.53. The summed E-state index contributed by atoms with van der Waals surface area (Å²) in [4.78, 5) is 12.1. The zero-order valence-corrected chi connectivity index (χ0v) is 10.9. The number of halogens is 4. The van der Waals surface area contributed by atoms with Crippen LogP contribution in [0.25, 0.3) is 0 Å². The number of carbonyl (C=O) groups excluding carboxylic acids is 1. The summed E-state index contributed by atoms with van der Waals surface area (Å²) < 4.78 is 38.8. The van der Waals surface area contributed by atoms with Gasteiger partial charge in [-0.25, -0.2) is 0 Å². The van der Waals surface area contributed by atoms with E-state index in [9.17, 15) is 23.1 Å². The van der Waals surface area contributed by atoms with Crippen LogP contribution in [0.1, 0.15) is 16.8 Å². The van der Waals surface area contributed by atoms with Crippen LogP contribution in [-0.2, 0) is 0 Å². The third kappa shape index (κ3) is 2.25. The van der Waals surface area contributed by atoms with Crippen molar-refractivity contribution in [2.24, 2.45) is 5.10 Å². The maximum atomic E-state index is 12.8. The maximum absolute atomic E-state index is 12.8. The Bertz CT molecular complexity index is 547. The second-order valence-corrected chi connectivity index (χ2v) is 4.77. The summed E-state index contributed by atoms with van der Waals surface area (Å²) >= 11 is 3.07. The Balaban J connectivity index is 2.39. The highest BCUT2D eigenvalue weighted by molar-refractivity contribution is 9.10. The molecule has 1 N–H and O–H groups in total. The number of nitrogens with zero attached hydrogens (tertiary/aromatic N) is 2. The number of carbonyl (C=O) groups is 1. The first kappa shape index (κ1) is 14.0. The number of amides is 1. The fourth-order valence-electron chi connectivity index (χ4n) is 1.64. The van der Waals surface area contributed by atoms with Crippen LogP contribution in [0.15, 0.2) is 33.8 Å². The molecular formula is C11H8BrF3N2O2. The highest BCUT2D eigenvalue weighted by Crippen LogP contribution is 2.39. The molecule has 0 saturated heterocycles. The Morgan fingerprint density at radius 2 is 2.05 bits per heavy atom. The van der Waals surface area contributed by atoms with Gasteiger partial charge in [0.2, 0.25) is 0 Å². The van der Waals surface area contributed by atoms with Crippen molar-refractivity contribution in [1.82, 2.24) is 5.01 Å². The van der Waals surface area contributed by atoms with E-state index in [0.29, 0.717) is 4.47 Å². The Hall–Kier alpha value is -1.41. The van der Waals surface area contributed by atoms with E-state index < -0.39 is 24.2 Å². The summed E-state index contributed by atoms with van der Waals surface area (Å²) in [5, 5.41) is 13.1. The summed E-state index contributed by atoms with van der Waals surface area (Å²) in [6.45, 7) is 0. The van der Waals surface area contributed by atoms with Crippen molar-refractivity contribution in [2.45, 2.75) is 18.3 Å². The van der Waals surface area contributed by atoms with Gasteiger partial charge in [0.15, 0.2) is 0 Å². The minimum Gasteiger partial charge on any atom is -0.362 e. The van der Waals surface area contributed by atoms with E-state index in [2.05, 4.69) is 21.0 Å². The Kier molecular flexibility index (Phi) is 3.40. The number of hydrogen-bond donors (Lipinski definition) is 1. The molecule has 4 nitrogen and oxygen atoms in total. The van der Waals surface area contributed by atoms with Crippen molar-refractivity contribution >= 4 is 28.1 Å². The van der Waals surface area contributed by atoms with Crippen LogP contribution in [0.3, 0.4) is 0 Å². The Morgan fingerprint density at radius 3 is 2.63 bits per heavy atom. The second kappa shape index (κ2) is 4.61. The highest BCUT2D eigenvalue weighted by Gasteiger charge is 2.61. The van der Waals surface area contributed by atoms with Gasteiger partial charge in [0.1, 0.15) is 0 Å². The van der Waals surface area contributed by atoms with Gasteiger partial charge in [-0.1, -0.05) is 12.1 Å². The molecule has 0 fully saturated rings. The third-order valence-corrected chi connectivity index (χ3v) is 3.37. The van der Waals surface area contributed by atoms with Crippen molar-refractivity contribution in [3.8, 4) is 0 Å². The van der Waals surface area contributed by atoms with Gasteiger partial charge in [0, 0.05) is 17.1 Å². The quantitative estimate of drug-likeness (QED) is 0.856. The summed E-state index contributed by atoms with van der Waals surface area (Å²) in [5.41, 5.74) is -3.30. The van der Waals surface area contributed by atoms with E-state index in [1.165, 1.54) is 18.2 Å². The van der Waals surface area contributed by atoms with Crippen LogP contribution in [0.5, 0.6) is 0 Å². The predicted molar refractivity (Wildman–Crippen MR) is 64.4 cm³/mol. The van der Waals surface area contributed by atoms with Crippen LogP contribution >= 0.6 is 15.9 Å². The van der Waals surface area contributed by atoms with Crippen molar-refractivity contribution in [1.29, 1.82) is 0 Å². The lowest BCUT2D eigenvalue weighted by molar-refractivity contribution is -0.297. The molecule has 0 spiro atoms. The molecule has 1 aromatic carbocycles. The van der Waals surface area contributed by atoms with E-state index in [-0.39, 0.29) is 10.6 Å². The maximum Gasteiger partial charge on any atom is 0.438 e. The summed E-state index contributed by atoms with van der Waals surface area (Å²) in [5.74, 6) is -1.03. The molecule has 8 heteroatoms. The third-order valence-electron chi connectivity index (χ3n) is 2.67. The molecule has 2 rings (SSSR count). The van der Waals surface area contributed by atoms with Crippen LogP contribution in [0.2, 0.25) is 0 Å². The van der Waals surface area contributed by atoms with Gasteiger partial charge in [0.05, 0.1) is 5.56 Å². The number of hydrogen-bond acceptors (Lipinski definition) is 3. The molecule has 1 aliphatic heterocycles. The molecule has 1 atom stereocenters. The van der Waals surface area contributed by atoms with E-state index in [0.717, 1.165) is 6.21 Å². The molecule has 0 aromatic heterocycles. The number of benzene rings is 1. The summed E-state index contributed by atoms with van der Waals surface area (Å²) in [7, 11) is 0. The van der Waals surface area contributed by atoms with Gasteiger partial charge in [0.25, 0.3) is 11.6 Å². The Morgan fingerprint density at radius 1 is 1.42 bits per heavy atom. The molecule has 1 aromatic rings. The summed E-state index contributed by atoms with van der Waals surface area (Å²) in [6, 6.07) is 5.98. The molecule has 0 radical (unpaired) electrons. The van der Waals surface area contributed by atoms with Gasteiger partial charge in [-0.3, -0.25) is 4.79 Å². The fraction of sp³-hybridized carbons (Fsp3) is 0.273. The van der Waals surface area contributed by atoms with E-state index >= 15 is 0 Å². The molecule has 19 heavy (non-hydrogen) atoms. The van der Waals surface area contributed by atoms with Crippen LogP contribution in [-0.4, -0.2) is 34.1 Å². The van der Waals surface area contributed by atoms with Gasteiger partial charge < -0.3 is 5.11 Å². The number of rotatable bonds is 1. The average molecular weight is 337 g/mol. The van der Waals surface area contributed by atoms with E-state index in [1.54, 1.807) is 6.07 Å². The average Bonchev–Trinajstić information content (AvgIpc) is 2.72. The molecule has 1 heterocycles. The number of hydrazone groups is 1. The van der Waals surface area contributed by atoms with Crippen molar-refractivity contribution in [2.75, 3.05) is 0 Å². The molecule has 0 bridgehead atoms. The normalized spacial score (nSPS) is 22.9. The van der Waals surface area contributed by atoms with Gasteiger partial charge in [-0.2, -0.15) is 23.3 Å². The topological polar surface area (TPSA) is 52.9 Å². The first-order chi connectivity index (χ1) is 8.77. The molecule has 0 unspecified atom stereocenters. The van der Waals surface area contributed by atoms with E-state index in [4.69, 9.17) is 0 Å². The lowest BCUT2D eigenvalue weighted by atomic mass is 10.1. The Labute approximate surface area is 114 Å². The lowest BCUT2D eigenvalue weighted by Crippen LogP contribution is -2.56. The molecule has 1 amide bonds. The van der Waals surface area contributed by atoms with Crippen molar-refractivity contribution < 1.29 is 23.1 Å². The molecular weight excluding hydrogens is 329 g/mol. The SMILES string of the molecule is O=C(c1ccccc1Br)N1N=CC[C@]1(O)C(F)(F)F. The second-order valence-electron chi connectivity index (χ2n) is 3.91. The summed E-state index contributed by atoms with van der Waals surface area (Å²) in [6.07, 6.45) is -4.91. The highest BCUT2D eigenvalue weighted by atomic mass is 79.9. The monoisotopic (exact) mass is 336 g/mol. The zero-order chi connectivity index (χ0) is 14.3.